The standard InChI is InChI=1S/C7H17OSi/c1-7(2)6-8-9(3,4)5/h6-7H,1-5H3/q+1. The largest absolute Gasteiger partial charge is 0.253 e. The average molecular weight is 145 g/mol. The van der Waals surface area contributed by atoms with E-state index in [-0.39, 0.29) is 0 Å². The van der Waals surface area contributed by atoms with Gasteiger partial charge in [-0.3, -0.25) is 0 Å². The molecular formula is C7H17OSi+. The van der Waals surface area contributed by atoms with Gasteiger partial charge in [0, 0.05) is 0 Å². The Morgan fingerprint density at radius 2 is 1.67 bits per heavy atom. The van der Waals surface area contributed by atoms with Crippen LogP contribution in [0.3, 0.4) is 0 Å². The van der Waals surface area contributed by atoms with Gasteiger partial charge in [0.1, 0.15) is 5.92 Å². The summed E-state index contributed by atoms with van der Waals surface area (Å²) in [7, 11) is -1.28. The average Bonchev–Trinajstić information content (AvgIpc) is 1.59. The topological polar surface area (TPSA) is 9.23 Å². The molecule has 0 saturated heterocycles. The molecule has 0 amide bonds. The first-order valence-corrected chi connectivity index (χ1v) is 6.84. The summed E-state index contributed by atoms with van der Waals surface area (Å²) < 4.78 is 5.50. The van der Waals surface area contributed by atoms with E-state index in [1.54, 1.807) is 0 Å². The highest BCUT2D eigenvalue weighted by molar-refractivity contribution is 6.69. The van der Waals surface area contributed by atoms with Crippen molar-refractivity contribution in [3.05, 3.63) is 6.61 Å². The van der Waals surface area contributed by atoms with Gasteiger partial charge >= 0.3 is 0 Å². The summed E-state index contributed by atoms with van der Waals surface area (Å²) in [5.74, 6) is 0.553. The quantitative estimate of drug-likeness (QED) is 0.438. The van der Waals surface area contributed by atoms with E-state index in [2.05, 4.69) is 33.5 Å². The van der Waals surface area contributed by atoms with Crippen LogP contribution >= 0.6 is 0 Å². The Balaban J connectivity index is 3.28. The molecular weight excluding hydrogens is 128 g/mol. The molecule has 54 valence electrons. The zero-order valence-corrected chi connectivity index (χ0v) is 8.06. The Hall–Kier alpha value is 0.0469. The van der Waals surface area contributed by atoms with E-state index in [0.717, 1.165) is 0 Å². The van der Waals surface area contributed by atoms with Gasteiger partial charge in [-0.15, -0.1) is 0 Å². The Labute approximate surface area is 59.5 Å². The highest BCUT2D eigenvalue weighted by atomic mass is 28.4. The summed E-state index contributed by atoms with van der Waals surface area (Å²) in [5.41, 5.74) is 0. The minimum Gasteiger partial charge on any atom is -0.247 e. The molecule has 0 aliphatic heterocycles. The molecule has 0 aromatic heterocycles. The van der Waals surface area contributed by atoms with Crippen LogP contribution in [0.15, 0.2) is 0 Å². The molecule has 0 fully saturated rings. The molecule has 0 aromatic rings. The maximum absolute atomic E-state index is 5.50. The second kappa shape index (κ2) is 3.27. The first kappa shape index (κ1) is 9.05. The first-order chi connectivity index (χ1) is 3.92. The van der Waals surface area contributed by atoms with Gasteiger partial charge in [0.25, 0.3) is 8.32 Å². The van der Waals surface area contributed by atoms with E-state index in [1.165, 1.54) is 0 Å². The Morgan fingerprint density at radius 3 is 1.78 bits per heavy atom. The van der Waals surface area contributed by atoms with E-state index in [4.69, 9.17) is 4.43 Å². The summed E-state index contributed by atoms with van der Waals surface area (Å²) in [6.45, 7) is 12.7. The molecule has 0 spiro atoms. The smallest absolute Gasteiger partial charge is 0.247 e. The van der Waals surface area contributed by atoms with E-state index in [0.29, 0.717) is 5.92 Å². The van der Waals surface area contributed by atoms with Gasteiger partial charge in [-0.2, -0.15) is 0 Å². The van der Waals surface area contributed by atoms with Crippen LogP contribution < -0.4 is 0 Å². The van der Waals surface area contributed by atoms with Gasteiger partial charge in [0.15, 0.2) is 0 Å². The molecule has 0 radical (unpaired) electrons. The van der Waals surface area contributed by atoms with Crippen molar-refractivity contribution in [2.24, 2.45) is 5.92 Å². The fourth-order valence-electron chi connectivity index (χ4n) is 0.340. The normalized spacial score (nSPS) is 12.2. The molecule has 2 heteroatoms. The minimum atomic E-state index is -1.28. The van der Waals surface area contributed by atoms with Crippen molar-refractivity contribution < 1.29 is 4.43 Å². The van der Waals surface area contributed by atoms with Crippen LogP contribution in [-0.4, -0.2) is 8.32 Å². The van der Waals surface area contributed by atoms with Gasteiger partial charge in [-0.25, -0.2) is 4.43 Å². The van der Waals surface area contributed by atoms with E-state index in [9.17, 15) is 0 Å². The van der Waals surface area contributed by atoms with Crippen molar-refractivity contribution in [2.45, 2.75) is 33.5 Å². The molecule has 0 heterocycles. The monoisotopic (exact) mass is 145 g/mol. The highest BCUT2D eigenvalue weighted by Gasteiger charge is 2.22. The second-order valence-corrected chi connectivity index (χ2v) is 8.07. The third kappa shape index (κ3) is 8.05. The summed E-state index contributed by atoms with van der Waals surface area (Å²) >= 11 is 0. The molecule has 1 nitrogen and oxygen atoms in total. The predicted octanol–water partition coefficient (Wildman–Crippen LogP) is 2.66. The molecule has 0 atom stereocenters. The lowest BCUT2D eigenvalue weighted by Gasteiger charge is -2.08. The minimum absolute atomic E-state index is 0.553. The Morgan fingerprint density at radius 1 is 1.22 bits per heavy atom. The van der Waals surface area contributed by atoms with Crippen LogP contribution in [0.4, 0.5) is 0 Å². The third-order valence-corrected chi connectivity index (χ3v) is 1.54. The van der Waals surface area contributed by atoms with Crippen LogP contribution in [0, 0.1) is 12.5 Å². The lowest BCUT2D eigenvalue weighted by atomic mass is 10.2. The van der Waals surface area contributed by atoms with Gasteiger partial charge in [0.2, 0.25) is 6.61 Å². The van der Waals surface area contributed by atoms with Crippen molar-refractivity contribution in [1.82, 2.24) is 0 Å². The molecule has 0 rings (SSSR count). The molecule has 0 aliphatic rings. The summed E-state index contributed by atoms with van der Waals surface area (Å²) in [5, 5.41) is 0. The zero-order valence-electron chi connectivity index (χ0n) is 7.06. The van der Waals surface area contributed by atoms with Crippen LogP contribution in [0.25, 0.3) is 0 Å². The lowest BCUT2D eigenvalue weighted by Crippen LogP contribution is -2.24. The van der Waals surface area contributed by atoms with Crippen LogP contribution in [0.2, 0.25) is 19.6 Å². The molecule has 9 heavy (non-hydrogen) atoms. The van der Waals surface area contributed by atoms with Crippen LogP contribution in [-0.2, 0) is 4.43 Å². The van der Waals surface area contributed by atoms with E-state index < -0.39 is 8.32 Å². The van der Waals surface area contributed by atoms with E-state index >= 15 is 0 Å². The number of hydrogen-bond acceptors (Lipinski definition) is 1. The zero-order chi connectivity index (χ0) is 7.49. The molecule has 0 saturated carbocycles. The van der Waals surface area contributed by atoms with Crippen molar-refractivity contribution in [3.63, 3.8) is 0 Å². The Bertz CT molecular complexity index is 73.5. The summed E-state index contributed by atoms with van der Waals surface area (Å²) in [6.07, 6.45) is 0. The van der Waals surface area contributed by atoms with E-state index in [1.807, 2.05) is 6.61 Å². The number of hydrogen-bond donors (Lipinski definition) is 0. The molecule has 0 aromatic carbocycles. The predicted molar refractivity (Wildman–Crippen MR) is 43.6 cm³/mol. The Kier molecular flexibility index (Phi) is 3.29. The van der Waals surface area contributed by atoms with Crippen LogP contribution in [0.1, 0.15) is 13.8 Å². The fourth-order valence-corrected chi connectivity index (χ4v) is 1.02. The maximum Gasteiger partial charge on any atom is 0.253 e. The SMILES string of the molecule is CC(C)[CH+]O[Si](C)(C)C. The molecule has 0 aliphatic carbocycles. The molecule has 0 N–H and O–H groups in total. The van der Waals surface area contributed by atoms with Gasteiger partial charge in [-0.1, -0.05) is 0 Å². The fraction of sp³-hybridized carbons (Fsp3) is 0.857. The van der Waals surface area contributed by atoms with Gasteiger partial charge < -0.3 is 0 Å². The van der Waals surface area contributed by atoms with Gasteiger partial charge in [-0.05, 0) is 33.5 Å². The lowest BCUT2D eigenvalue weighted by molar-refractivity contribution is 0.350. The van der Waals surface area contributed by atoms with Crippen molar-refractivity contribution in [1.29, 1.82) is 0 Å². The van der Waals surface area contributed by atoms with Gasteiger partial charge in [0.05, 0.1) is 0 Å². The molecule has 0 unspecified atom stereocenters. The first-order valence-electron chi connectivity index (χ1n) is 3.43. The van der Waals surface area contributed by atoms with Crippen molar-refractivity contribution in [3.8, 4) is 0 Å². The summed E-state index contributed by atoms with van der Waals surface area (Å²) in [6, 6.07) is 0. The highest BCUT2D eigenvalue weighted by Crippen LogP contribution is 2.08. The van der Waals surface area contributed by atoms with Crippen molar-refractivity contribution in [2.75, 3.05) is 0 Å². The van der Waals surface area contributed by atoms with Crippen molar-refractivity contribution >= 4 is 8.32 Å². The van der Waals surface area contributed by atoms with Crippen LogP contribution in [0.5, 0.6) is 0 Å². The number of rotatable bonds is 3. The third-order valence-electron chi connectivity index (χ3n) is 0.694. The summed E-state index contributed by atoms with van der Waals surface area (Å²) in [4.78, 5) is 0. The molecule has 0 bridgehead atoms. The second-order valence-electron chi connectivity index (χ2n) is 3.61. The maximum atomic E-state index is 5.50.